The number of allylic oxidation sites excluding steroid dienone is 4. The van der Waals surface area contributed by atoms with Gasteiger partial charge in [0.25, 0.3) is 0 Å². The highest BCUT2D eigenvalue weighted by molar-refractivity contribution is 5.95. The van der Waals surface area contributed by atoms with Crippen LogP contribution in [0.25, 0.3) is 0 Å². The number of carbonyl (C=O) groups is 2. The minimum absolute atomic E-state index is 0.0986. The number of esters is 1. The molecular weight excluding hydrogens is 288 g/mol. The van der Waals surface area contributed by atoms with Crippen molar-refractivity contribution in [2.75, 3.05) is 0 Å². The third-order valence-electron chi connectivity index (χ3n) is 5.89. The lowest BCUT2D eigenvalue weighted by Crippen LogP contribution is -2.46. The third-order valence-corrected chi connectivity index (χ3v) is 5.89. The van der Waals surface area contributed by atoms with Crippen LogP contribution in [0.15, 0.2) is 35.5 Å². The fraction of sp³-hybridized carbons (Fsp3) is 0.600. The van der Waals surface area contributed by atoms with Crippen molar-refractivity contribution in [2.24, 2.45) is 17.3 Å². The van der Waals surface area contributed by atoms with Crippen LogP contribution in [-0.2, 0) is 14.3 Å². The van der Waals surface area contributed by atoms with Crippen LogP contribution in [0.4, 0.5) is 0 Å². The van der Waals surface area contributed by atoms with Gasteiger partial charge in [-0.1, -0.05) is 37.6 Å². The highest BCUT2D eigenvalue weighted by Gasteiger charge is 2.48. The summed E-state index contributed by atoms with van der Waals surface area (Å²) in [7, 11) is 0. The van der Waals surface area contributed by atoms with Crippen LogP contribution >= 0.6 is 0 Å². The van der Waals surface area contributed by atoms with E-state index in [1.54, 1.807) is 13.0 Å². The first-order chi connectivity index (χ1) is 10.7. The molecular formula is C20H28O3. The van der Waals surface area contributed by atoms with Gasteiger partial charge in [-0.05, 0) is 51.5 Å². The topological polar surface area (TPSA) is 43.4 Å². The molecule has 0 saturated heterocycles. The van der Waals surface area contributed by atoms with Crippen molar-refractivity contribution in [3.63, 3.8) is 0 Å². The van der Waals surface area contributed by atoms with Crippen LogP contribution in [0.1, 0.15) is 53.9 Å². The number of rotatable bonds is 3. The van der Waals surface area contributed by atoms with Crippen LogP contribution in [-0.4, -0.2) is 17.9 Å². The van der Waals surface area contributed by atoms with Gasteiger partial charge in [0.15, 0.2) is 5.78 Å². The highest BCUT2D eigenvalue weighted by atomic mass is 16.5. The maximum absolute atomic E-state index is 12.3. The van der Waals surface area contributed by atoms with Crippen molar-refractivity contribution >= 4 is 11.8 Å². The Kier molecular flexibility index (Phi) is 4.98. The monoisotopic (exact) mass is 316 g/mol. The molecule has 1 saturated carbocycles. The van der Waals surface area contributed by atoms with Crippen molar-refractivity contribution < 1.29 is 14.3 Å². The van der Waals surface area contributed by atoms with Gasteiger partial charge in [-0.15, -0.1) is 0 Å². The molecule has 0 unspecified atom stereocenters. The lowest BCUT2D eigenvalue weighted by molar-refractivity contribution is -0.151. The third kappa shape index (κ3) is 3.19. The number of ketones is 1. The number of hydrogen-bond acceptors (Lipinski definition) is 3. The quantitative estimate of drug-likeness (QED) is 0.440. The van der Waals surface area contributed by atoms with Gasteiger partial charge < -0.3 is 4.74 Å². The molecule has 23 heavy (non-hydrogen) atoms. The van der Waals surface area contributed by atoms with E-state index in [1.165, 1.54) is 5.57 Å². The number of hydrogen-bond donors (Lipinski definition) is 0. The van der Waals surface area contributed by atoms with Gasteiger partial charge in [0, 0.05) is 17.4 Å². The van der Waals surface area contributed by atoms with E-state index in [-0.39, 0.29) is 35.1 Å². The van der Waals surface area contributed by atoms with Crippen molar-refractivity contribution in [1.82, 2.24) is 0 Å². The number of carbonyl (C=O) groups excluding carboxylic acids is 2. The minimum atomic E-state index is -0.233. The summed E-state index contributed by atoms with van der Waals surface area (Å²) in [5.41, 5.74) is 2.66. The molecule has 0 aliphatic heterocycles. The van der Waals surface area contributed by atoms with Gasteiger partial charge in [-0.25, -0.2) is 4.79 Å². The summed E-state index contributed by atoms with van der Waals surface area (Å²) in [5, 5.41) is 0. The molecule has 0 bridgehead atoms. The van der Waals surface area contributed by atoms with E-state index in [0.717, 1.165) is 24.8 Å². The summed E-state index contributed by atoms with van der Waals surface area (Å²) in [6.07, 6.45) is 5.88. The SMILES string of the molecule is C=C(C)[C@@H]1C[C@]2(C)C(=CC1=O)CC[C@@H](OC(=O)/C(C)=C\C)[C@@H]2C. The molecule has 2 aliphatic carbocycles. The molecule has 3 nitrogen and oxygen atoms in total. The number of fused-ring (bicyclic) bond motifs is 1. The Balaban J connectivity index is 2.25. The molecule has 0 aromatic heterocycles. The first-order valence-electron chi connectivity index (χ1n) is 8.45. The summed E-state index contributed by atoms with van der Waals surface area (Å²) in [6, 6.07) is 0. The average Bonchev–Trinajstić information content (AvgIpc) is 2.50. The van der Waals surface area contributed by atoms with E-state index < -0.39 is 0 Å². The van der Waals surface area contributed by atoms with E-state index in [2.05, 4.69) is 20.4 Å². The first kappa shape index (κ1) is 17.7. The molecule has 126 valence electrons. The molecule has 0 spiro atoms. The molecule has 2 rings (SSSR count). The fourth-order valence-corrected chi connectivity index (χ4v) is 3.81. The Labute approximate surface area is 139 Å². The second kappa shape index (κ2) is 6.46. The van der Waals surface area contributed by atoms with Gasteiger partial charge in [0.1, 0.15) is 6.10 Å². The minimum Gasteiger partial charge on any atom is -0.459 e. The van der Waals surface area contributed by atoms with Gasteiger partial charge in [0.05, 0.1) is 0 Å². The van der Waals surface area contributed by atoms with Gasteiger partial charge in [-0.3, -0.25) is 4.79 Å². The molecule has 0 heterocycles. The largest absolute Gasteiger partial charge is 0.459 e. The maximum Gasteiger partial charge on any atom is 0.333 e. The lowest BCUT2D eigenvalue weighted by atomic mass is 9.57. The molecule has 2 aliphatic rings. The molecule has 0 radical (unpaired) electrons. The average molecular weight is 316 g/mol. The zero-order valence-corrected chi connectivity index (χ0v) is 14.9. The van der Waals surface area contributed by atoms with Gasteiger partial charge in [0.2, 0.25) is 0 Å². The van der Waals surface area contributed by atoms with Crippen molar-refractivity contribution in [1.29, 1.82) is 0 Å². The maximum atomic E-state index is 12.3. The van der Waals surface area contributed by atoms with Crippen LogP contribution in [0, 0.1) is 17.3 Å². The molecule has 0 aromatic carbocycles. The predicted molar refractivity (Wildman–Crippen MR) is 91.8 cm³/mol. The van der Waals surface area contributed by atoms with E-state index >= 15 is 0 Å². The molecule has 0 N–H and O–H groups in total. The van der Waals surface area contributed by atoms with Crippen LogP contribution < -0.4 is 0 Å². The van der Waals surface area contributed by atoms with E-state index in [1.807, 2.05) is 19.9 Å². The van der Waals surface area contributed by atoms with E-state index in [4.69, 9.17) is 4.74 Å². The van der Waals surface area contributed by atoms with Gasteiger partial charge >= 0.3 is 5.97 Å². The Hall–Kier alpha value is -1.64. The molecule has 4 atom stereocenters. The summed E-state index contributed by atoms with van der Waals surface area (Å²) < 4.78 is 5.75. The Morgan fingerprint density at radius 3 is 2.65 bits per heavy atom. The molecule has 3 heteroatoms. The summed E-state index contributed by atoms with van der Waals surface area (Å²) in [5.74, 6) is 0.0186. The Morgan fingerprint density at radius 2 is 2.09 bits per heavy atom. The van der Waals surface area contributed by atoms with Gasteiger partial charge in [-0.2, -0.15) is 0 Å². The molecule has 0 aromatic rings. The zero-order chi connectivity index (χ0) is 17.4. The van der Waals surface area contributed by atoms with E-state index in [9.17, 15) is 9.59 Å². The predicted octanol–water partition coefficient (Wildman–Crippen LogP) is 4.39. The van der Waals surface area contributed by atoms with Crippen molar-refractivity contribution in [3.8, 4) is 0 Å². The molecule has 1 fully saturated rings. The standard InChI is InChI=1S/C20H28O3/c1-7-13(4)19(22)23-18-9-8-15-10-17(21)16(12(2)3)11-20(15,6)14(18)5/h7,10,14,16,18H,2,8-9,11H2,1,3-6H3/b13-7-/t14-,16-,18+,20-/m0/s1. The van der Waals surface area contributed by atoms with Crippen molar-refractivity contribution in [2.45, 2.75) is 60.0 Å². The van der Waals surface area contributed by atoms with Crippen LogP contribution in [0.2, 0.25) is 0 Å². The van der Waals surface area contributed by atoms with Crippen molar-refractivity contribution in [3.05, 3.63) is 35.5 Å². The Morgan fingerprint density at radius 1 is 1.43 bits per heavy atom. The summed E-state index contributed by atoms with van der Waals surface area (Å²) in [6.45, 7) is 13.9. The van der Waals surface area contributed by atoms with Crippen LogP contribution in [0.5, 0.6) is 0 Å². The normalized spacial score (nSPS) is 34.5. The molecule has 0 amide bonds. The summed E-state index contributed by atoms with van der Waals surface area (Å²) >= 11 is 0. The Bertz CT molecular complexity index is 596. The summed E-state index contributed by atoms with van der Waals surface area (Å²) in [4.78, 5) is 24.4. The van der Waals surface area contributed by atoms with Crippen LogP contribution in [0.3, 0.4) is 0 Å². The van der Waals surface area contributed by atoms with E-state index in [0.29, 0.717) is 5.57 Å². The number of ether oxygens (including phenoxy) is 1. The second-order valence-corrected chi connectivity index (χ2v) is 7.34. The highest BCUT2D eigenvalue weighted by Crippen LogP contribution is 2.53. The lowest BCUT2D eigenvalue weighted by Gasteiger charge is -2.49. The first-order valence-corrected chi connectivity index (χ1v) is 8.45. The zero-order valence-electron chi connectivity index (χ0n) is 14.9. The smallest absolute Gasteiger partial charge is 0.333 e. The fourth-order valence-electron chi connectivity index (χ4n) is 3.81. The second-order valence-electron chi connectivity index (χ2n) is 7.34.